The largest absolute Gasteiger partial charge is 0.455 e. The van der Waals surface area contributed by atoms with Crippen LogP contribution in [0, 0.1) is 23.2 Å². The molecule has 0 aliphatic heterocycles. The van der Waals surface area contributed by atoms with Crippen molar-refractivity contribution in [3.8, 4) is 11.4 Å². The maximum atomic E-state index is 13.2. The SMILES string of the molecule is CC(OC(=O)CCc1nc(-c2ccsc2)no1)C(=O)C12CC3CC(CC(C3)C1)C2. The molecule has 0 amide bonds. The predicted octanol–water partition coefficient (Wildman–Crippen LogP) is 4.45. The number of Topliss-reactive ketones (excluding diaryl/α,β-unsaturated/α-hetero) is 1. The summed E-state index contributed by atoms with van der Waals surface area (Å²) in [5, 5.41) is 7.84. The summed E-state index contributed by atoms with van der Waals surface area (Å²) in [5.41, 5.74) is 0.665. The average Bonchev–Trinajstić information content (AvgIpc) is 3.36. The zero-order valence-corrected chi connectivity index (χ0v) is 17.5. The molecule has 0 aromatic carbocycles. The monoisotopic (exact) mass is 414 g/mol. The molecular weight excluding hydrogens is 388 g/mol. The number of ketones is 1. The lowest BCUT2D eigenvalue weighted by atomic mass is 9.48. The standard InChI is InChI=1S/C22H26N2O4S/c1-13(20(26)22-9-14-6-15(10-22)8-16(7-14)11-22)27-19(25)3-2-18-23-21(24-28-18)17-4-5-29-12-17/h4-5,12-16H,2-3,6-11H2,1H3. The van der Waals surface area contributed by atoms with Crippen LogP contribution in [0.4, 0.5) is 0 Å². The molecule has 2 heterocycles. The minimum Gasteiger partial charge on any atom is -0.455 e. The molecule has 6 rings (SSSR count). The highest BCUT2D eigenvalue weighted by molar-refractivity contribution is 7.08. The molecule has 4 aliphatic carbocycles. The summed E-state index contributed by atoms with van der Waals surface area (Å²) in [6.07, 6.45) is 6.61. The lowest BCUT2D eigenvalue weighted by molar-refractivity contribution is -0.165. The van der Waals surface area contributed by atoms with E-state index in [0.29, 0.717) is 35.9 Å². The van der Waals surface area contributed by atoms with Crippen molar-refractivity contribution in [2.24, 2.45) is 23.2 Å². The highest BCUT2D eigenvalue weighted by atomic mass is 32.1. The maximum Gasteiger partial charge on any atom is 0.307 e. The van der Waals surface area contributed by atoms with Gasteiger partial charge in [0, 0.05) is 22.8 Å². The molecular formula is C22H26N2O4S. The first-order chi connectivity index (χ1) is 14.0. The number of esters is 1. The van der Waals surface area contributed by atoms with Crippen LogP contribution in [0.2, 0.25) is 0 Å². The van der Waals surface area contributed by atoms with Gasteiger partial charge in [-0.25, -0.2) is 0 Å². The first-order valence-electron chi connectivity index (χ1n) is 10.6. The predicted molar refractivity (Wildman–Crippen MR) is 107 cm³/mol. The Morgan fingerprint density at radius 3 is 2.55 bits per heavy atom. The van der Waals surface area contributed by atoms with Crippen molar-refractivity contribution >= 4 is 23.1 Å². The highest BCUT2D eigenvalue weighted by Crippen LogP contribution is 2.60. The second-order valence-electron chi connectivity index (χ2n) is 9.22. The number of ether oxygens (including phenoxy) is 1. The van der Waals surface area contributed by atoms with Gasteiger partial charge in [0.25, 0.3) is 0 Å². The van der Waals surface area contributed by atoms with Crippen LogP contribution >= 0.6 is 11.3 Å². The van der Waals surface area contributed by atoms with Crippen molar-refractivity contribution in [3.05, 3.63) is 22.7 Å². The zero-order chi connectivity index (χ0) is 20.0. The second kappa shape index (κ2) is 7.35. The summed E-state index contributed by atoms with van der Waals surface area (Å²) >= 11 is 1.56. The summed E-state index contributed by atoms with van der Waals surface area (Å²) in [6, 6.07) is 1.92. The summed E-state index contributed by atoms with van der Waals surface area (Å²) in [4.78, 5) is 29.9. The molecule has 4 bridgehead atoms. The van der Waals surface area contributed by atoms with E-state index in [2.05, 4.69) is 10.1 Å². The topological polar surface area (TPSA) is 82.3 Å². The molecule has 1 atom stereocenters. The van der Waals surface area contributed by atoms with Gasteiger partial charge in [-0.3, -0.25) is 9.59 Å². The van der Waals surface area contributed by atoms with Crippen LogP contribution in [0.25, 0.3) is 11.4 Å². The molecule has 0 spiro atoms. The number of rotatable bonds is 7. The van der Waals surface area contributed by atoms with Crippen molar-refractivity contribution in [1.82, 2.24) is 10.1 Å². The number of aryl methyl sites for hydroxylation is 1. The van der Waals surface area contributed by atoms with Crippen LogP contribution < -0.4 is 0 Å². The Bertz CT molecular complexity index is 869. The second-order valence-corrected chi connectivity index (χ2v) is 10.00. The first-order valence-corrected chi connectivity index (χ1v) is 11.5. The summed E-state index contributed by atoms with van der Waals surface area (Å²) < 4.78 is 10.8. The Hall–Kier alpha value is -2.02. The van der Waals surface area contributed by atoms with Gasteiger partial charge in [0.2, 0.25) is 11.7 Å². The maximum absolute atomic E-state index is 13.2. The van der Waals surface area contributed by atoms with Crippen molar-refractivity contribution < 1.29 is 18.8 Å². The molecule has 0 radical (unpaired) electrons. The molecule has 4 aliphatic rings. The molecule has 2 aromatic heterocycles. The number of hydrogen-bond acceptors (Lipinski definition) is 7. The van der Waals surface area contributed by atoms with Crippen molar-refractivity contribution in [1.29, 1.82) is 0 Å². The van der Waals surface area contributed by atoms with E-state index in [-0.39, 0.29) is 23.6 Å². The lowest BCUT2D eigenvalue weighted by Crippen LogP contribution is -2.52. The van der Waals surface area contributed by atoms with E-state index in [0.717, 1.165) is 24.8 Å². The molecule has 4 saturated carbocycles. The highest BCUT2D eigenvalue weighted by Gasteiger charge is 2.55. The van der Waals surface area contributed by atoms with Gasteiger partial charge in [0.15, 0.2) is 11.9 Å². The minimum atomic E-state index is -0.678. The molecule has 0 N–H and O–H groups in total. The molecule has 7 heteroatoms. The fourth-order valence-corrected chi connectivity index (χ4v) is 6.86. The lowest BCUT2D eigenvalue weighted by Gasteiger charge is -2.56. The van der Waals surface area contributed by atoms with E-state index in [9.17, 15) is 9.59 Å². The Labute approximate surface area is 174 Å². The van der Waals surface area contributed by atoms with Crippen molar-refractivity contribution in [3.63, 3.8) is 0 Å². The third-order valence-electron chi connectivity index (χ3n) is 7.03. The normalized spacial score (nSPS) is 31.0. The van der Waals surface area contributed by atoms with Crippen molar-refractivity contribution in [2.45, 2.75) is 64.4 Å². The van der Waals surface area contributed by atoms with E-state index in [1.54, 1.807) is 18.3 Å². The first kappa shape index (κ1) is 19.0. The van der Waals surface area contributed by atoms with Crippen LogP contribution in [0.5, 0.6) is 0 Å². The number of thiophene rings is 1. The van der Waals surface area contributed by atoms with Crippen LogP contribution in [-0.4, -0.2) is 28.0 Å². The smallest absolute Gasteiger partial charge is 0.307 e. The van der Waals surface area contributed by atoms with Crippen LogP contribution in [0.1, 0.15) is 57.8 Å². The fourth-order valence-electron chi connectivity index (χ4n) is 6.23. The van der Waals surface area contributed by atoms with Crippen LogP contribution in [0.3, 0.4) is 0 Å². The van der Waals surface area contributed by atoms with Gasteiger partial charge in [0.1, 0.15) is 0 Å². The number of carbonyl (C=O) groups excluding carboxylic acids is 2. The van der Waals surface area contributed by atoms with Gasteiger partial charge in [0.05, 0.1) is 6.42 Å². The number of aromatic nitrogens is 2. The van der Waals surface area contributed by atoms with Crippen molar-refractivity contribution in [2.75, 3.05) is 0 Å². The molecule has 1 unspecified atom stereocenters. The molecule has 29 heavy (non-hydrogen) atoms. The van der Waals surface area contributed by atoms with Crippen LogP contribution in [-0.2, 0) is 20.7 Å². The molecule has 0 saturated heterocycles. The quantitative estimate of drug-likeness (QED) is 0.623. The van der Waals surface area contributed by atoms with Gasteiger partial charge in [-0.2, -0.15) is 16.3 Å². The average molecular weight is 415 g/mol. The van der Waals surface area contributed by atoms with E-state index in [1.165, 1.54) is 19.3 Å². The Kier molecular flexibility index (Phi) is 4.81. The number of nitrogens with zero attached hydrogens (tertiary/aromatic N) is 2. The van der Waals surface area contributed by atoms with Gasteiger partial charge in [-0.05, 0) is 74.6 Å². The zero-order valence-electron chi connectivity index (χ0n) is 16.6. The van der Waals surface area contributed by atoms with E-state index in [1.807, 2.05) is 16.8 Å². The minimum absolute atomic E-state index is 0.129. The molecule has 2 aromatic rings. The summed E-state index contributed by atoms with van der Waals surface area (Å²) in [7, 11) is 0. The number of carbonyl (C=O) groups is 2. The molecule has 154 valence electrons. The van der Waals surface area contributed by atoms with E-state index < -0.39 is 6.10 Å². The van der Waals surface area contributed by atoms with Crippen LogP contribution in [0.15, 0.2) is 21.3 Å². The third-order valence-corrected chi connectivity index (χ3v) is 7.71. The van der Waals surface area contributed by atoms with Gasteiger partial charge in [-0.15, -0.1) is 0 Å². The third kappa shape index (κ3) is 3.65. The molecule has 4 fully saturated rings. The summed E-state index contributed by atoms with van der Waals surface area (Å²) in [5.74, 6) is 2.78. The molecule has 6 nitrogen and oxygen atoms in total. The number of hydrogen-bond donors (Lipinski definition) is 0. The summed E-state index contributed by atoms with van der Waals surface area (Å²) in [6.45, 7) is 1.74. The van der Waals surface area contributed by atoms with Gasteiger partial charge in [-0.1, -0.05) is 5.16 Å². The fraction of sp³-hybridized carbons (Fsp3) is 0.636. The Morgan fingerprint density at radius 1 is 1.24 bits per heavy atom. The Balaban J connectivity index is 1.15. The van der Waals surface area contributed by atoms with Gasteiger partial charge < -0.3 is 9.26 Å². The van der Waals surface area contributed by atoms with E-state index >= 15 is 0 Å². The Morgan fingerprint density at radius 2 is 1.93 bits per heavy atom. The van der Waals surface area contributed by atoms with E-state index in [4.69, 9.17) is 9.26 Å². The van der Waals surface area contributed by atoms with Gasteiger partial charge >= 0.3 is 5.97 Å².